The fourth-order valence-corrected chi connectivity index (χ4v) is 2.48. The van der Waals surface area contributed by atoms with Gasteiger partial charge >= 0.3 is 5.97 Å². The number of amides is 1. The molecule has 0 aliphatic heterocycles. The first kappa shape index (κ1) is 18.8. The third-order valence-electron chi connectivity index (χ3n) is 3.82. The Morgan fingerprint density at radius 3 is 2.20 bits per heavy atom. The van der Waals surface area contributed by atoms with Crippen molar-refractivity contribution in [1.29, 1.82) is 0 Å². The zero-order chi connectivity index (χ0) is 18.4. The number of nitrogens with zero attached hydrogens (tertiary/aromatic N) is 1. The summed E-state index contributed by atoms with van der Waals surface area (Å²) in [4.78, 5) is 26.2. The molecular formula is C19H21ClN2O3. The zero-order valence-electron chi connectivity index (χ0n) is 14.5. The van der Waals surface area contributed by atoms with E-state index in [0.717, 1.165) is 11.3 Å². The lowest BCUT2D eigenvalue weighted by molar-refractivity contribution is -0.141. The maximum absolute atomic E-state index is 12.5. The summed E-state index contributed by atoms with van der Waals surface area (Å²) >= 11 is 5.91. The van der Waals surface area contributed by atoms with Crippen LogP contribution in [0.5, 0.6) is 0 Å². The van der Waals surface area contributed by atoms with E-state index in [9.17, 15) is 9.59 Å². The predicted octanol–water partition coefficient (Wildman–Crippen LogP) is 3.44. The number of halogens is 1. The first-order chi connectivity index (χ1) is 11.9. The van der Waals surface area contributed by atoms with Crippen LogP contribution >= 0.6 is 11.6 Å². The molecule has 0 fully saturated rings. The van der Waals surface area contributed by atoms with Crippen molar-refractivity contribution in [3.63, 3.8) is 0 Å². The Hall–Kier alpha value is -2.53. The van der Waals surface area contributed by atoms with Crippen molar-refractivity contribution >= 4 is 29.2 Å². The van der Waals surface area contributed by atoms with E-state index < -0.39 is 12.0 Å². The molecule has 0 aromatic heterocycles. The summed E-state index contributed by atoms with van der Waals surface area (Å²) in [5.74, 6) is -0.655. The molecule has 1 N–H and O–H groups in total. The van der Waals surface area contributed by atoms with E-state index in [2.05, 4.69) is 5.32 Å². The van der Waals surface area contributed by atoms with E-state index in [4.69, 9.17) is 16.3 Å². The summed E-state index contributed by atoms with van der Waals surface area (Å²) in [7, 11) is 5.19. The van der Waals surface area contributed by atoms with Gasteiger partial charge in [0.05, 0.1) is 19.6 Å². The van der Waals surface area contributed by atoms with Gasteiger partial charge in [0, 0.05) is 30.4 Å². The van der Waals surface area contributed by atoms with Gasteiger partial charge in [-0.05, 0) is 42.0 Å². The topological polar surface area (TPSA) is 58.6 Å². The number of nitrogens with one attached hydrogen (secondary N) is 1. The zero-order valence-corrected chi connectivity index (χ0v) is 15.2. The van der Waals surface area contributed by atoms with Crippen LogP contribution in [0.15, 0.2) is 48.5 Å². The molecule has 6 heteroatoms. The number of esters is 1. The van der Waals surface area contributed by atoms with Crippen molar-refractivity contribution in [2.45, 2.75) is 12.5 Å². The third kappa shape index (κ3) is 5.22. The van der Waals surface area contributed by atoms with Gasteiger partial charge in [0.1, 0.15) is 0 Å². The summed E-state index contributed by atoms with van der Waals surface area (Å²) in [6.45, 7) is 0. The lowest BCUT2D eigenvalue weighted by atomic mass is 10.0. The van der Waals surface area contributed by atoms with Gasteiger partial charge in [-0.3, -0.25) is 9.59 Å². The molecule has 0 saturated carbocycles. The first-order valence-corrected chi connectivity index (χ1v) is 8.19. The second kappa shape index (κ2) is 8.53. The van der Waals surface area contributed by atoms with E-state index >= 15 is 0 Å². The number of carbonyl (C=O) groups is 2. The Morgan fingerprint density at radius 2 is 1.68 bits per heavy atom. The summed E-state index contributed by atoms with van der Waals surface area (Å²) in [6, 6.07) is 13.8. The van der Waals surface area contributed by atoms with Crippen molar-refractivity contribution in [2.24, 2.45) is 0 Å². The molecule has 2 rings (SSSR count). The van der Waals surface area contributed by atoms with Crippen LogP contribution in [0.4, 0.5) is 5.69 Å². The number of rotatable bonds is 6. The predicted molar refractivity (Wildman–Crippen MR) is 99.1 cm³/mol. The highest BCUT2D eigenvalue weighted by Gasteiger charge is 2.19. The van der Waals surface area contributed by atoms with E-state index in [-0.39, 0.29) is 12.3 Å². The van der Waals surface area contributed by atoms with Crippen LogP contribution in [0.25, 0.3) is 0 Å². The molecule has 1 atom stereocenters. The first-order valence-electron chi connectivity index (χ1n) is 7.81. The molecule has 1 amide bonds. The molecule has 0 bridgehead atoms. The quantitative estimate of drug-likeness (QED) is 0.802. The van der Waals surface area contributed by atoms with Gasteiger partial charge in [-0.2, -0.15) is 0 Å². The maximum Gasteiger partial charge on any atom is 0.307 e. The van der Waals surface area contributed by atoms with Crippen molar-refractivity contribution in [3.8, 4) is 0 Å². The van der Waals surface area contributed by atoms with Gasteiger partial charge in [-0.1, -0.05) is 23.7 Å². The maximum atomic E-state index is 12.5. The minimum atomic E-state index is -0.495. The molecule has 0 saturated heterocycles. The Kier molecular flexibility index (Phi) is 6.42. The van der Waals surface area contributed by atoms with Gasteiger partial charge in [-0.15, -0.1) is 0 Å². The summed E-state index contributed by atoms with van der Waals surface area (Å²) in [6.07, 6.45) is 0.0413. The largest absolute Gasteiger partial charge is 0.469 e. The van der Waals surface area contributed by atoms with Gasteiger partial charge in [0.15, 0.2) is 0 Å². The number of hydrogen-bond acceptors (Lipinski definition) is 4. The SMILES string of the molecule is COC(=O)C[C@@H](NC(=O)c1ccc(N(C)C)cc1)c1ccc(Cl)cc1. The fraction of sp³-hybridized carbons (Fsp3) is 0.263. The number of carbonyl (C=O) groups excluding carboxylic acids is 2. The van der Waals surface area contributed by atoms with Crippen LogP contribution in [0.3, 0.4) is 0 Å². The number of ether oxygens (including phenoxy) is 1. The van der Waals surface area contributed by atoms with Crippen molar-refractivity contribution in [2.75, 3.05) is 26.1 Å². The highest BCUT2D eigenvalue weighted by atomic mass is 35.5. The third-order valence-corrected chi connectivity index (χ3v) is 4.07. The van der Waals surface area contributed by atoms with Gasteiger partial charge < -0.3 is 15.0 Å². The molecule has 2 aromatic rings. The van der Waals surface area contributed by atoms with Crippen molar-refractivity contribution in [1.82, 2.24) is 5.32 Å². The second-order valence-corrected chi connectivity index (χ2v) is 6.24. The van der Waals surface area contributed by atoms with E-state index in [1.807, 2.05) is 31.1 Å². The molecule has 0 heterocycles. The average Bonchev–Trinajstić information content (AvgIpc) is 2.61. The molecule has 0 aliphatic carbocycles. The molecule has 0 unspecified atom stereocenters. The molecule has 5 nitrogen and oxygen atoms in total. The van der Waals surface area contributed by atoms with Gasteiger partial charge in [-0.25, -0.2) is 0 Å². The minimum Gasteiger partial charge on any atom is -0.469 e. The molecule has 0 spiro atoms. The standard InChI is InChI=1S/C19H21ClN2O3/c1-22(2)16-10-6-14(7-11-16)19(24)21-17(12-18(23)25-3)13-4-8-15(20)9-5-13/h4-11,17H,12H2,1-3H3,(H,21,24)/t17-/m1/s1. The number of anilines is 1. The van der Waals surface area contributed by atoms with Crippen LogP contribution in [-0.4, -0.2) is 33.1 Å². The van der Waals surface area contributed by atoms with Crippen molar-refractivity contribution < 1.29 is 14.3 Å². The Labute approximate surface area is 152 Å². The Balaban J connectivity index is 2.18. The average molecular weight is 361 g/mol. The lowest BCUT2D eigenvalue weighted by Gasteiger charge is -2.19. The van der Waals surface area contributed by atoms with E-state index in [1.54, 1.807) is 36.4 Å². The van der Waals surface area contributed by atoms with Crippen LogP contribution in [0, 0.1) is 0 Å². The van der Waals surface area contributed by atoms with E-state index in [0.29, 0.717) is 10.6 Å². The fourth-order valence-electron chi connectivity index (χ4n) is 2.35. The molecule has 25 heavy (non-hydrogen) atoms. The monoisotopic (exact) mass is 360 g/mol. The molecule has 0 aliphatic rings. The summed E-state index contributed by atoms with van der Waals surface area (Å²) in [5.41, 5.74) is 2.31. The Bertz CT molecular complexity index is 727. The molecule has 0 radical (unpaired) electrons. The van der Waals surface area contributed by atoms with Gasteiger partial charge in [0.2, 0.25) is 0 Å². The number of hydrogen-bond donors (Lipinski definition) is 1. The highest BCUT2D eigenvalue weighted by molar-refractivity contribution is 6.30. The van der Waals surface area contributed by atoms with Crippen LogP contribution in [-0.2, 0) is 9.53 Å². The molecule has 2 aromatic carbocycles. The second-order valence-electron chi connectivity index (χ2n) is 5.80. The number of methoxy groups -OCH3 is 1. The number of benzene rings is 2. The highest BCUT2D eigenvalue weighted by Crippen LogP contribution is 2.21. The summed E-state index contributed by atoms with van der Waals surface area (Å²) < 4.78 is 4.73. The minimum absolute atomic E-state index is 0.0413. The van der Waals surface area contributed by atoms with Gasteiger partial charge in [0.25, 0.3) is 5.91 Å². The van der Waals surface area contributed by atoms with E-state index in [1.165, 1.54) is 7.11 Å². The summed E-state index contributed by atoms with van der Waals surface area (Å²) in [5, 5.41) is 3.48. The Morgan fingerprint density at radius 1 is 1.08 bits per heavy atom. The normalized spacial score (nSPS) is 11.5. The van der Waals surface area contributed by atoms with Crippen LogP contribution in [0.2, 0.25) is 5.02 Å². The lowest BCUT2D eigenvalue weighted by Crippen LogP contribution is -2.30. The van der Waals surface area contributed by atoms with Crippen LogP contribution < -0.4 is 10.2 Å². The smallest absolute Gasteiger partial charge is 0.307 e. The van der Waals surface area contributed by atoms with Crippen molar-refractivity contribution in [3.05, 3.63) is 64.7 Å². The van der Waals surface area contributed by atoms with Crippen LogP contribution in [0.1, 0.15) is 28.4 Å². The molecular weight excluding hydrogens is 340 g/mol. The molecule has 132 valence electrons.